The standard InChI is InChI=1S/C7H13N/c1-5(8)7-2-6(3-7)4-7/h5-6H,2-4,8H2,1H3/t5-,6?,7?/m0/s1/i6D. The number of rotatable bonds is 1. The topological polar surface area (TPSA) is 26.0 Å². The first kappa shape index (κ1) is 3.89. The molecule has 2 N–H and O–H groups in total. The fourth-order valence-corrected chi connectivity index (χ4v) is 1.82. The smallest absolute Gasteiger partial charge is 0.0303 e. The molecule has 0 saturated heterocycles. The van der Waals surface area contributed by atoms with Crippen LogP contribution in [0.1, 0.15) is 27.6 Å². The maximum Gasteiger partial charge on any atom is 0.0303 e. The van der Waals surface area contributed by atoms with Gasteiger partial charge in [0.2, 0.25) is 0 Å². The number of nitrogens with two attached hydrogens (primary N) is 1. The van der Waals surface area contributed by atoms with Gasteiger partial charge in [-0.1, -0.05) is 0 Å². The summed E-state index contributed by atoms with van der Waals surface area (Å²) in [6, 6.07) is 0.324. The highest BCUT2D eigenvalue weighted by molar-refractivity contribution is 5.10. The summed E-state index contributed by atoms with van der Waals surface area (Å²) >= 11 is 0. The van der Waals surface area contributed by atoms with Crippen molar-refractivity contribution in [3.05, 3.63) is 0 Å². The average Bonchev–Trinajstić information content (AvgIpc) is 1.54. The molecule has 46 valence electrons. The van der Waals surface area contributed by atoms with Gasteiger partial charge in [0, 0.05) is 7.41 Å². The molecular formula is C7H13N. The third-order valence-corrected chi connectivity index (χ3v) is 2.77. The molecule has 1 atom stereocenters. The van der Waals surface area contributed by atoms with Crippen molar-refractivity contribution >= 4 is 0 Å². The van der Waals surface area contributed by atoms with Gasteiger partial charge in [-0.15, -0.1) is 0 Å². The Morgan fingerprint density at radius 3 is 2.38 bits per heavy atom. The van der Waals surface area contributed by atoms with Gasteiger partial charge in [0.25, 0.3) is 0 Å². The highest BCUT2D eigenvalue weighted by Gasteiger charge is 2.58. The van der Waals surface area contributed by atoms with Crippen LogP contribution in [0.5, 0.6) is 0 Å². The molecular weight excluding hydrogens is 98.1 g/mol. The molecule has 0 unspecified atom stereocenters. The summed E-state index contributed by atoms with van der Waals surface area (Å²) in [5, 5.41) is 0. The van der Waals surface area contributed by atoms with Crippen LogP contribution in [0.25, 0.3) is 0 Å². The minimum Gasteiger partial charge on any atom is -0.327 e. The van der Waals surface area contributed by atoms with Crippen LogP contribution in [0.3, 0.4) is 0 Å². The Morgan fingerprint density at radius 1 is 1.75 bits per heavy atom. The number of hydrogen-bond donors (Lipinski definition) is 1. The molecule has 1 nitrogen and oxygen atoms in total. The largest absolute Gasteiger partial charge is 0.327 e. The van der Waals surface area contributed by atoms with Crippen molar-refractivity contribution < 1.29 is 1.37 Å². The molecule has 1 heteroatoms. The van der Waals surface area contributed by atoms with Crippen molar-refractivity contribution in [2.45, 2.75) is 32.2 Å². The molecule has 3 aliphatic carbocycles. The van der Waals surface area contributed by atoms with E-state index < -0.39 is 0 Å². The minimum atomic E-state index is -0.0202. The van der Waals surface area contributed by atoms with E-state index in [-0.39, 0.29) is 5.89 Å². The first-order valence-electron chi connectivity index (χ1n) is 3.82. The third-order valence-electron chi connectivity index (χ3n) is 2.77. The van der Waals surface area contributed by atoms with E-state index in [4.69, 9.17) is 7.10 Å². The van der Waals surface area contributed by atoms with Crippen LogP contribution < -0.4 is 5.73 Å². The minimum absolute atomic E-state index is 0.0202. The first-order valence-corrected chi connectivity index (χ1v) is 3.32. The monoisotopic (exact) mass is 112 g/mol. The van der Waals surface area contributed by atoms with E-state index in [1.165, 1.54) is 0 Å². The Hall–Kier alpha value is -0.0400. The van der Waals surface area contributed by atoms with Crippen LogP contribution in [-0.4, -0.2) is 6.04 Å². The molecule has 0 aromatic rings. The van der Waals surface area contributed by atoms with Crippen LogP contribution in [0, 0.1) is 11.3 Å². The molecule has 0 aliphatic heterocycles. The Kier molecular flexibility index (Phi) is 0.537. The lowest BCUT2D eigenvalue weighted by Gasteiger charge is -2.64. The Labute approximate surface area is 51.7 Å². The molecule has 2 bridgehead atoms. The molecule has 3 fully saturated rings. The highest BCUT2D eigenvalue weighted by Crippen LogP contribution is 2.65. The summed E-state index contributed by atoms with van der Waals surface area (Å²) in [7, 11) is 0. The van der Waals surface area contributed by atoms with Gasteiger partial charge in [-0.05, 0) is 37.5 Å². The zero-order chi connectivity index (χ0) is 6.70. The third kappa shape index (κ3) is 0.334. The normalized spacial score (nSPS) is 65.0. The van der Waals surface area contributed by atoms with E-state index in [0.29, 0.717) is 11.5 Å². The Morgan fingerprint density at radius 2 is 2.25 bits per heavy atom. The molecule has 3 saturated carbocycles. The summed E-state index contributed by atoms with van der Waals surface area (Å²) < 4.78 is 7.60. The fraction of sp³-hybridized carbons (Fsp3) is 1.00. The predicted molar refractivity (Wildman–Crippen MR) is 33.4 cm³/mol. The van der Waals surface area contributed by atoms with Crippen LogP contribution in [0.4, 0.5) is 0 Å². The summed E-state index contributed by atoms with van der Waals surface area (Å²) in [4.78, 5) is 0. The van der Waals surface area contributed by atoms with Crippen molar-refractivity contribution in [3.63, 3.8) is 0 Å². The Bertz CT molecular complexity index is 133. The maximum absolute atomic E-state index is 7.60. The summed E-state index contributed by atoms with van der Waals surface area (Å²) in [5.41, 5.74) is 6.16. The lowest BCUT2D eigenvalue weighted by atomic mass is 9.42. The SMILES string of the molecule is [2H]C12CC([C@H](C)N)(C1)C2. The second-order valence-corrected chi connectivity index (χ2v) is 3.43. The van der Waals surface area contributed by atoms with E-state index >= 15 is 0 Å². The fourth-order valence-electron chi connectivity index (χ4n) is 1.82. The molecule has 0 aromatic carbocycles. The van der Waals surface area contributed by atoms with Gasteiger partial charge in [0.15, 0.2) is 0 Å². The summed E-state index contributed by atoms with van der Waals surface area (Å²) in [6.45, 7) is 2.07. The van der Waals surface area contributed by atoms with Gasteiger partial charge < -0.3 is 5.73 Å². The van der Waals surface area contributed by atoms with E-state index in [1.807, 2.05) is 0 Å². The quantitative estimate of drug-likeness (QED) is 0.540. The molecule has 3 rings (SSSR count). The van der Waals surface area contributed by atoms with Gasteiger partial charge in [-0.25, -0.2) is 0 Å². The van der Waals surface area contributed by atoms with Crippen molar-refractivity contribution in [1.82, 2.24) is 0 Å². The molecule has 0 spiro atoms. The molecule has 0 amide bonds. The summed E-state index contributed by atoms with van der Waals surface area (Å²) in [5.74, 6) is -0.0202. The molecule has 0 heterocycles. The molecule has 0 aromatic heterocycles. The molecule has 0 radical (unpaired) electrons. The predicted octanol–water partition coefficient (Wildman–Crippen LogP) is 1.13. The van der Waals surface area contributed by atoms with E-state index in [2.05, 4.69) is 6.92 Å². The van der Waals surface area contributed by atoms with E-state index in [0.717, 1.165) is 19.3 Å². The molecule has 8 heavy (non-hydrogen) atoms. The lowest BCUT2D eigenvalue weighted by Crippen LogP contribution is -2.60. The Balaban J connectivity index is 2.04. The zero-order valence-electron chi connectivity index (χ0n) is 6.28. The highest BCUT2D eigenvalue weighted by atomic mass is 14.8. The molecule has 3 aliphatic rings. The van der Waals surface area contributed by atoms with Gasteiger partial charge in [-0.3, -0.25) is 0 Å². The summed E-state index contributed by atoms with van der Waals surface area (Å²) in [6.07, 6.45) is 3.20. The van der Waals surface area contributed by atoms with Crippen molar-refractivity contribution in [3.8, 4) is 0 Å². The maximum atomic E-state index is 7.60. The van der Waals surface area contributed by atoms with Crippen LogP contribution in [-0.2, 0) is 0 Å². The lowest BCUT2D eigenvalue weighted by molar-refractivity contribution is -0.120. The average molecular weight is 112 g/mol. The van der Waals surface area contributed by atoms with Crippen molar-refractivity contribution in [2.24, 2.45) is 17.0 Å². The van der Waals surface area contributed by atoms with Crippen LogP contribution >= 0.6 is 0 Å². The number of hydrogen-bond acceptors (Lipinski definition) is 1. The second-order valence-electron chi connectivity index (χ2n) is 3.43. The van der Waals surface area contributed by atoms with Crippen molar-refractivity contribution in [2.75, 3.05) is 0 Å². The van der Waals surface area contributed by atoms with Gasteiger partial charge in [-0.2, -0.15) is 0 Å². The van der Waals surface area contributed by atoms with E-state index in [1.54, 1.807) is 0 Å². The second kappa shape index (κ2) is 1.10. The first-order chi connectivity index (χ1) is 4.06. The van der Waals surface area contributed by atoms with Gasteiger partial charge in [0.1, 0.15) is 0 Å². The van der Waals surface area contributed by atoms with Gasteiger partial charge >= 0.3 is 0 Å². The van der Waals surface area contributed by atoms with Crippen molar-refractivity contribution in [1.29, 1.82) is 0 Å². The zero-order valence-corrected chi connectivity index (χ0v) is 5.28. The van der Waals surface area contributed by atoms with Gasteiger partial charge in [0.05, 0.1) is 0 Å². The van der Waals surface area contributed by atoms with Crippen LogP contribution in [0.2, 0.25) is 0 Å². The van der Waals surface area contributed by atoms with E-state index in [9.17, 15) is 0 Å². The van der Waals surface area contributed by atoms with Crippen LogP contribution in [0.15, 0.2) is 0 Å².